The Labute approximate surface area is 143 Å². The van der Waals surface area contributed by atoms with Crippen molar-refractivity contribution in [2.45, 2.75) is 6.04 Å². The van der Waals surface area contributed by atoms with Crippen molar-refractivity contribution in [1.82, 2.24) is 4.90 Å². The van der Waals surface area contributed by atoms with E-state index in [0.29, 0.717) is 11.6 Å². The molecule has 1 saturated heterocycles. The predicted octanol–water partition coefficient (Wildman–Crippen LogP) is 2.12. The first kappa shape index (κ1) is 19.3. The lowest BCUT2D eigenvalue weighted by Gasteiger charge is -1.95. The first-order valence-corrected chi connectivity index (χ1v) is 7.57. The number of carbonyl (C=O) groups is 2. The maximum atomic E-state index is 10.6. The number of aldehydes is 1. The Morgan fingerprint density at radius 3 is 2.08 bits per heavy atom. The van der Waals surface area contributed by atoms with Crippen LogP contribution in [-0.4, -0.2) is 31.6 Å². The standard InChI is InChI=1S/C11H10O.C9H11N.CH2O/c1-3-10(8-12)11-7-5-4-6-9(11)2;1-10-7-9(10)8-5-3-2-4-6-8;1-2/h3-8H,1-2H2;2-6,9H,7H2,1H3;1H2/b11-10+;;. The summed E-state index contributed by atoms with van der Waals surface area (Å²) in [5.41, 5.74) is 2.03. The summed E-state index contributed by atoms with van der Waals surface area (Å²) in [5.74, 6) is 0. The number of rotatable bonds is 3. The van der Waals surface area contributed by atoms with Crippen molar-refractivity contribution in [3.05, 3.63) is 83.3 Å². The first-order valence-electron chi connectivity index (χ1n) is 7.57. The Morgan fingerprint density at radius 1 is 1.08 bits per heavy atom. The van der Waals surface area contributed by atoms with Crippen molar-refractivity contribution in [1.29, 1.82) is 0 Å². The molecule has 0 bridgehead atoms. The Morgan fingerprint density at radius 2 is 1.62 bits per heavy atom. The Kier molecular flexibility index (Phi) is 8.09. The topological polar surface area (TPSA) is 37.1 Å². The molecule has 3 rings (SSSR count). The lowest BCUT2D eigenvalue weighted by molar-refractivity contribution is -0.103. The SMILES string of the molecule is C=C/C(C=O)=c1/ccccc1=C.C=O.CN1CC1c1ccccc1. The normalized spacial score (nSPS) is 18.7. The van der Waals surface area contributed by atoms with Crippen LogP contribution in [0, 0.1) is 0 Å². The zero-order chi connectivity index (χ0) is 17.9. The summed E-state index contributed by atoms with van der Waals surface area (Å²) in [5, 5.41) is 1.70. The minimum Gasteiger partial charge on any atom is -0.307 e. The Bertz CT molecular complexity index is 758. The molecular formula is C21H23NO2. The van der Waals surface area contributed by atoms with Gasteiger partial charge in [-0.05, 0) is 23.0 Å². The third-order valence-electron chi connectivity index (χ3n) is 3.72. The summed E-state index contributed by atoms with van der Waals surface area (Å²) >= 11 is 0. The molecule has 0 spiro atoms. The molecule has 124 valence electrons. The van der Waals surface area contributed by atoms with E-state index >= 15 is 0 Å². The van der Waals surface area contributed by atoms with Gasteiger partial charge in [0.05, 0.1) is 0 Å². The van der Waals surface area contributed by atoms with Crippen molar-refractivity contribution in [3.8, 4) is 0 Å². The average molecular weight is 321 g/mol. The highest BCUT2D eigenvalue weighted by atomic mass is 16.1. The Hall–Kier alpha value is -2.78. The van der Waals surface area contributed by atoms with Gasteiger partial charge in [0, 0.05) is 18.2 Å². The van der Waals surface area contributed by atoms with Gasteiger partial charge < -0.3 is 4.79 Å². The van der Waals surface area contributed by atoms with Crippen LogP contribution in [0.2, 0.25) is 0 Å². The third kappa shape index (κ3) is 5.45. The summed E-state index contributed by atoms with van der Waals surface area (Å²) in [7, 11) is 2.15. The predicted molar refractivity (Wildman–Crippen MR) is 99.8 cm³/mol. The number of nitrogens with zero attached hydrogens (tertiary/aromatic N) is 1. The van der Waals surface area contributed by atoms with Gasteiger partial charge in [-0.3, -0.25) is 9.69 Å². The number of carbonyl (C=O) groups excluding carboxylic acids is 2. The second kappa shape index (κ2) is 10.1. The van der Waals surface area contributed by atoms with Gasteiger partial charge in [0.15, 0.2) is 6.29 Å². The molecule has 3 heteroatoms. The van der Waals surface area contributed by atoms with E-state index < -0.39 is 0 Å². The van der Waals surface area contributed by atoms with Crippen LogP contribution in [-0.2, 0) is 9.59 Å². The summed E-state index contributed by atoms with van der Waals surface area (Å²) in [6.07, 6.45) is 2.33. The highest BCUT2D eigenvalue weighted by Crippen LogP contribution is 2.31. The molecule has 1 aliphatic rings. The zero-order valence-corrected chi connectivity index (χ0v) is 14.0. The van der Waals surface area contributed by atoms with Crippen LogP contribution in [0.15, 0.2) is 67.3 Å². The molecule has 1 aliphatic heterocycles. The second-order valence-electron chi connectivity index (χ2n) is 5.30. The molecule has 1 heterocycles. The van der Waals surface area contributed by atoms with Gasteiger partial charge in [-0.15, -0.1) is 0 Å². The van der Waals surface area contributed by atoms with Crippen molar-refractivity contribution in [2.24, 2.45) is 0 Å². The summed E-state index contributed by atoms with van der Waals surface area (Å²) in [4.78, 5) is 20.9. The van der Waals surface area contributed by atoms with Crippen molar-refractivity contribution in [3.63, 3.8) is 0 Å². The molecule has 0 aliphatic carbocycles. The smallest absolute Gasteiger partial charge is 0.150 e. The van der Waals surface area contributed by atoms with Gasteiger partial charge in [0.1, 0.15) is 6.79 Å². The minimum atomic E-state index is 0.584. The fourth-order valence-corrected chi connectivity index (χ4v) is 2.28. The molecule has 2 aromatic carbocycles. The van der Waals surface area contributed by atoms with Crippen LogP contribution in [0.3, 0.4) is 0 Å². The van der Waals surface area contributed by atoms with E-state index in [4.69, 9.17) is 4.79 Å². The molecule has 3 nitrogen and oxygen atoms in total. The quantitative estimate of drug-likeness (QED) is 0.642. The van der Waals surface area contributed by atoms with Crippen molar-refractivity contribution >= 4 is 25.2 Å². The molecule has 0 N–H and O–H groups in total. The number of hydrogen-bond acceptors (Lipinski definition) is 3. The second-order valence-corrected chi connectivity index (χ2v) is 5.30. The van der Waals surface area contributed by atoms with Crippen molar-refractivity contribution < 1.29 is 9.59 Å². The van der Waals surface area contributed by atoms with Crippen LogP contribution in [0.4, 0.5) is 0 Å². The van der Waals surface area contributed by atoms with E-state index in [2.05, 4.69) is 55.4 Å². The van der Waals surface area contributed by atoms with Gasteiger partial charge >= 0.3 is 0 Å². The van der Waals surface area contributed by atoms with Crippen molar-refractivity contribution in [2.75, 3.05) is 13.6 Å². The summed E-state index contributed by atoms with van der Waals surface area (Å²) in [6.45, 7) is 10.6. The van der Waals surface area contributed by atoms with Crippen LogP contribution < -0.4 is 10.4 Å². The van der Waals surface area contributed by atoms with Gasteiger partial charge in [-0.25, -0.2) is 0 Å². The third-order valence-corrected chi connectivity index (χ3v) is 3.72. The highest BCUT2D eigenvalue weighted by molar-refractivity contribution is 6.03. The molecule has 1 fully saturated rings. The van der Waals surface area contributed by atoms with Crippen LogP contribution in [0.1, 0.15) is 11.6 Å². The fourth-order valence-electron chi connectivity index (χ4n) is 2.28. The largest absolute Gasteiger partial charge is 0.307 e. The summed E-state index contributed by atoms with van der Waals surface area (Å²) in [6, 6.07) is 18.8. The Balaban J connectivity index is 0.000000220. The number of likely N-dealkylation sites (N-methyl/N-ethyl adjacent to an activating group) is 1. The molecule has 24 heavy (non-hydrogen) atoms. The van der Waals surface area contributed by atoms with Crippen LogP contribution in [0.25, 0.3) is 12.2 Å². The van der Waals surface area contributed by atoms with Crippen LogP contribution in [0.5, 0.6) is 0 Å². The molecule has 2 atom stereocenters. The molecule has 2 aromatic rings. The highest BCUT2D eigenvalue weighted by Gasteiger charge is 2.30. The first-order chi connectivity index (χ1) is 11.7. The van der Waals surface area contributed by atoms with Gasteiger partial charge in [0.2, 0.25) is 0 Å². The minimum absolute atomic E-state index is 0.584. The van der Waals surface area contributed by atoms with E-state index in [1.807, 2.05) is 31.1 Å². The molecule has 0 saturated carbocycles. The van der Waals surface area contributed by atoms with Gasteiger partial charge in [-0.2, -0.15) is 0 Å². The molecular weight excluding hydrogens is 298 g/mol. The van der Waals surface area contributed by atoms with E-state index in [1.54, 1.807) is 0 Å². The average Bonchev–Trinajstić information content (AvgIpc) is 3.37. The molecule has 0 aromatic heterocycles. The van der Waals surface area contributed by atoms with E-state index in [-0.39, 0.29) is 0 Å². The molecule has 0 radical (unpaired) electrons. The summed E-state index contributed by atoms with van der Waals surface area (Å²) < 4.78 is 0. The number of allylic oxidation sites excluding steroid dienone is 1. The van der Waals surface area contributed by atoms with Gasteiger partial charge in [-0.1, -0.05) is 73.8 Å². The van der Waals surface area contributed by atoms with E-state index in [9.17, 15) is 4.79 Å². The zero-order valence-electron chi connectivity index (χ0n) is 14.0. The van der Waals surface area contributed by atoms with Gasteiger partial charge in [0.25, 0.3) is 0 Å². The monoisotopic (exact) mass is 321 g/mol. The van der Waals surface area contributed by atoms with E-state index in [0.717, 1.165) is 16.7 Å². The lowest BCUT2D eigenvalue weighted by Crippen LogP contribution is -2.24. The number of benzene rings is 2. The number of hydrogen-bond donors (Lipinski definition) is 0. The molecule has 0 amide bonds. The lowest BCUT2D eigenvalue weighted by atomic mass is 10.1. The maximum Gasteiger partial charge on any atom is 0.150 e. The van der Waals surface area contributed by atoms with Crippen LogP contribution >= 0.6 is 0 Å². The van der Waals surface area contributed by atoms with E-state index in [1.165, 1.54) is 18.2 Å². The fraction of sp³-hybridized carbons (Fsp3) is 0.143. The maximum absolute atomic E-state index is 10.6. The molecule has 2 unspecified atom stereocenters.